The SMILES string of the molecule is Cc1ccc(CNc2ccc(C(=O)N(C)Cc3ccccc3)nn2)cc1. The molecular formula is C21H22N4O. The molecule has 0 bridgehead atoms. The molecule has 3 aromatic rings. The first-order chi connectivity index (χ1) is 12.6. The fraction of sp³-hybridized carbons (Fsp3) is 0.190. The minimum Gasteiger partial charge on any atom is -0.365 e. The van der Waals surface area contributed by atoms with E-state index in [1.165, 1.54) is 11.1 Å². The number of carbonyl (C=O) groups excluding carboxylic acids is 1. The molecule has 0 atom stereocenters. The molecule has 1 amide bonds. The van der Waals surface area contributed by atoms with Crippen LogP contribution >= 0.6 is 0 Å². The van der Waals surface area contributed by atoms with Gasteiger partial charge >= 0.3 is 0 Å². The second-order valence-electron chi connectivity index (χ2n) is 6.29. The zero-order valence-corrected chi connectivity index (χ0v) is 15.0. The number of hydrogen-bond donors (Lipinski definition) is 1. The molecule has 0 saturated heterocycles. The summed E-state index contributed by atoms with van der Waals surface area (Å²) in [4.78, 5) is 14.1. The van der Waals surface area contributed by atoms with E-state index in [9.17, 15) is 4.79 Å². The van der Waals surface area contributed by atoms with Crippen molar-refractivity contribution in [1.29, 1.82) is 0 Å². The molecule has 1 aromatic heterocycles. The normalized spacial score (nSPS) is 10.4. The summed E-state index contributed by atoms with van der Waals surface area (Å²) in [6.45, 7) is 3.26. The lowest BCUT2D eigenvalue weighted by molar-refractivity contribution is 0.0778. The first kappa shape index (κ1) is 17.6. The Morgan fingerprint density at radius 2 is 1.65 bits per heavy atom. The van der Waals surface area contributed by atoms with Gasteiger partial charge in [-0.05, 0) is 30.2 Å². The van der Waals surface area contributed by atoms with Crippen molar-refractivity contribution < 1.29 is 4.79 Å². The van der Waals surface area contributed by atoms with Crippen LogP contribution < -0.4 is 5.32 Å². The number of aryl methyl sites for hydroxylation is 1. The van der Waals surface area contributed by atoms with Crippen LogP contribution in [0.3, 0.4) is 0 Å². The van der Waals surface area contributed by atoms with Gasteiger partial charge in [0.1, 0.15) is 5.82 Å². The van der Waals surface area contributed by atoms with Crippen LogP contribution in [0.15, 0.2) is 66.7 Å². The van der Waals surface area contributed by atoms with Gasteiger partial charge in [0.2, 0.25) is 0 Å². The molecular weight excluding hydrogens is 324 g/mol. The highest BCUT2D eigenvalue weighted by molar-refractivity contribution is 5.92. The number of nitrogens with zero attached hydrogens (tertiary/aromatic N) is 3. The van der Waals surface area contributed by atoms with Gasteiger partial charge in [0.05, 0.1) is 0 Å². The van der Waals surface area contributed by atoms with E-state index in [1.54, 1.807) is 24.1 Å². The Balaban J connectivity index is 1.57. The number of amides is 1. The maximum Gasteiger partial charge on any atom is 0.274 e. The number of nitrogens with one attached hydrogen (secondary N) is 1. The molecule has 3 rings (SSSR count). The largest absolute Gasteiger partial charge is 0.365 e. The third-order valence-corrected chi connectivity index (χ3v) is 4.09. The second-order valence-corrected chi connectivity index (χ2v) is 6.29. The average Bonchev–Trinajstić information content (AvgIpc) is 2.68. The van der Waals surface area contributed by atoms with Crippen LogP contribution in [0.1, 0.15) is 27.2 Å². The number of rotatable bonds is 6. The lowest BCUT2D eigenvalue weighted by Gasteiger charge is -2.16. The van der Waals surface area contributed by atoms with Crippen molar-refractivity contribution in [3.8, 4) is 0 Å². The van der Waals surface area contributed by atoms with Crippen molar-refractivity contribution in [2.45, 2.75) is 20.0 Å². The summed E-state index contributed by atoms with van der Waals surface area (Å²) < 4.78 is 0. The Labute approximate surface area is 153 Å². The minimum atomic E-state index is -0.147. The fourth-order valence-corrected chi connectivity index (χ4v) is 2.56. The van der Waals surface area contributed by atoms with E-state index in [-0.39, 0.29) is 5.91 Å². The predicted octanol–water partition coefficient (Wildman–Crippen LogP) is 3.67. The number of carbonyl (C=O) groups is 1. The molecule has 1 N–H and O–H groups in total. The molecule has 0 fully saturated rings. The summed E-state index contributed by atoms with van der Waals surface area (Å²) in [6, 6.07) is 21.7. The zero-order chi connectivity index (χ0) is 18.4. The minimum absolute atomic E-state index is 0.147. The first-order valence-corrected chi connectivity index (χ1v) is 8.54. The third-order valence-electron chi connectivity index (χ3n) is 4.09. The van der Waals surface area contributed by atoms with Gasteiger partial charge in [-0.1, -0.05) is 60.2 Å². The average molecular weight is 346 g/mol. The zero-order valence-electron chi connectivity index (χ0n) is 15.0. The van der Waals surface area contributed by atoms with Gasteiger partial charge in [-0.2, -0.15) is 0 Å². The topological polar surface area (TPSA) is 58.1 Å². The van der Waals surface area contributed by atoms with Gasteiger partial charge in [-0.25, -0.2) is 0 Å². The smallest absolute Gasteiger partial charge is 0.274 e. The van der Waals surface area contributed by atoms with Gasteiger partial charge in [0.15, 0.2) is 5.69 Å². The van der Waals surface area contributed by atoms with Crippen molar-refractivity contribution >= 4 is 11.7 Å². The van der Waals surface area contributed by atoms with Crippen LogP contribution in [0.4, 0.5) is 5.82 Å². The van der Waals surface area contributed by atoms with Crippen molar-refractivity contribution in [2.24, 2.45) is 0 Å². The van der Waals surface area contributed by atoms with Crippen LogP contribution in [0.25, 0.3) is 0 Å². The van der Waals surface area contributed by atoms with Crippen molar-refractivity contribution in [2.75, 3.05) is 12.4 Å². The molecule has 0 radical (unpaired) electrons. The van der Waals surface area contributed by atoms with E-state index in [0.29, 0.717) is 24.6 Å². The molecule has 1 heterocycles. The second kappa shape index (κ2) is 8.25. The van der Waals surface area contributed by atoms with Crippen molar-refractivity contribution in [3.63, 3.8) is 0 Å². The van der Waals surface area contributed by atoms with Gasteiger partial charge in [-0.15, -0.1) is 10.2 Å². The first-order valence-electron chi connectivity index (χ1n) is 8.54. The van der Waals surface area contributed by atoms with E-state index in [4.69, 9.17) is 0 Å². The molecule has 5 nitrogen and oxygen atoms in total. The van der Waals surface area contributed by atoms with Crippen LogP contribution in [-0.4, -0.2) is 28.1 Å². The number of benzene rings is 2. The Bertz CT molecular complexity index is 845. The highest BCUT2D eigenvalue weighted by Crippen LogP contribution is 2.10. The molecule has 0 spiro atoms. The molecule has 0 unspecified atom stereocenters. The van der Waals surface area contributed by atoms with Crippen molar-refractivity contribution in [3.05, 3.63) is 89.1 Å². The summed E-state index contributed by atoms with van der Waals surface area (Å²) in [5, 5.41) is 11.4. The summed E-state index contributed by atoms with van der Waals surface area (Å²) in [5.41, 5.74) is 3.81. The quantitative estimate of drug-likeness (QED) is 0.740. The van der Waals surface area contributed by atoms with Gasteiger partial charge < -0.3 is 10.2 Å². The maximum atomic E-state index is 12.5. The highest BCUT2D eigenvalue weighted by atomic mass is 16.2. The summed E-state index contributed by atoms with van der Waals surface area (Å²) in [7, 11) is 1.76. The number of anilines is 1. The lowest BCUT2D eigenvalue weighted by atomic mass is 10.1. The third kappa shape index (κ3) is 4.66. The van der Waals surface area contributed by atoms with E-state index < -0.39 is 0 Å². The molecule has 26 heavy (non-hydrogen) atoms. The van der Waals surface area contributed by atoms with E-state index in [2.05, 4.69) is 46.7 Å². The Kier molecular flexibility index (Phi) is 5.59. The Morgan fingerprint density at radius 3 is 2.31 bits per heavy atom. The summed E-state index contributed by atoms with van der Waals surface area (Å²) in [5.74, 6) is 0.499. The van der Waals surface area contributed by atoms with Crippen molar-refractivity contribution in [1.82, 2.24) is 15.1 Å². The van der Waals surface area contributed by atoms with Crippen LogP contribution in [0.5, 0.6) is 0 Å². The Morgan fingerprint density at radius 1 is 0.923 bits per heavy atom. The summed E-state index contributed by atoms with van der Waals surface area (Å²) in [6.07, 6.45) is 0. The van der Waals surface area contributed by atoms with Crippen LogP contribution in [0, 0.1) is 6.92 Å². The number of hydrogen-bond acceptors (Lipinski definition) is 4. The molecule has 0 aliphatic heterocycles. The van der Waals surface area contributed by atoms with E-state index in [1.807, 2.05) is 30.3 Å². The van der Waals surface area contributed by atoms with Gasteiger partial charge in [-0.3, -0.25) is 4.79 Å². The molecule has 5 heteroatoms. The van der Waals surface area contributed by atoms with Crippen LogP contribution in [0.2, 0.25) is 0 Å². The lowest BCUT2D eigenvalue weighted by Crippen LogP contribution is -2.27. The Hall–Kier alpha value is -3.21. The van der Waals surface area contributed by atoms with E-state index in [0.717, 1.165) is 5.56 Å². The maximum absolute atomic E-state index is 12.5. The fourth-order valence-electron chi connectivity index (χ4n) is 2.56. The molecule has 2 aromatic carbocycles. The van der Waals surface area contributed by atoms with E-state index >= 15 is 0 Å². The van der Waals surface area contributed by atoms with Crippen LogP contribution in [-0.2, 0) is 13.1 Å². The predicted molar refractivity (Wildman–Crippen MR) is 103 cm³/mol. The molecule has 0 saturated carbocycles. The number of aromatic nitrogens is 2. The standard InChI is InChI=1S/C21H22N4O/c1-16-8-10-17(11-9-16)14-22-20-13-12-19(23-24-20)21(26)25(2)15-18-6-4-3-5-7-18/h3-13H,14-15H2,1-2H3,(H,22,24). The molecule has 0 aliphatic rings. The van der Waals surface area contributed by atoms with Gasteiger partial charge in [0, 0.05) is 20.1 Å². The highest BCUT2D eigenvalue weighted by Gasteiger charge is 2.14. The summed E-state index contributed by atoms with van der Waals surface area (Å²) >= 11 is 0. The monoisotopic (exact) mass is 346 g/mol. The molecule has 0 aliphatic carbocycles. The van der Waals surface area contributed by atoms with Gasteiger partial charge in [0.25, 0.3) is 5.91 Å². The molecule has 132 valence electrons.